The summed E-state index contributed by atoms with van der Waals surface area (Å²) < 4.78 is 5.24. The summed E-state index contributed by atoms with van der Waals surface area (Å²) in [6.45, 7) is 2.86. The van der Waals surface area contributed by atoms with E-state index in [0.717, 1.165) is 28.8 Å². The molecule has 0 N–H and O–H groups in total. The topological polar surface area (TPSA) is 78.7 Å². The Morgan fingerprint density at radius 2 is 2.05 bits per heavy atom. The molecule has 0 atom stereocenters. The van der Waals surface area contributed by atoms with Crippen molar-refractivity contribution in [2.24, 2.45) is 7.05 Å². The smallest absolute Gasteiger partial charge is 0.185 e. The first-order valence-corrected chi connectivity index (χ1v) is 6.32. The Bertz CT molecular complexity index is 912. The molecule has 4 heterocycles. The first-order valence-electron chi connectivity index (χ1n) is 6.32. The van der Waals surface area contributed by atoms with Crippen LogP contribution < -0.4 is 0 Å². The zero-order chi connectivity index (χ0) is 13.7. The molecule has 0 bridgehead atoms. The SMILES string of the molecule is CCn1cc(-c2nc3c4cnn(C)c4ncn3n2)cn1. The summed E-state index contributed by atoms with van der Waals surface area (Å²) in [5, 5.41) is 13.8. The van der Waals surface area contributed by atoms with Crippen LogP contribution >= 0.6 is 0 Å². The second kappa shape index (κ2) is 3.86. The lowest BCUT2D eigenvalue weighted by atomic mass is 10.3. The molecule has 100 valence electrons. The van der Waals surface area contributed by atoms with E-state index in [4.69, 9.17) is 0 Å². The molecule has 4 aromatic heterocycles. The fourth-order valence-corrected chi connectivity index (χ4v) is 2.21. The molecule has 0 saturated carbocycles. The van der Waals surface area contributed by atoms with E-state index < -0.39 is 0 Å². The normalized spacial score (nSPS) is 11.7. The van der Waals surface area contributed by atoms with E-state index in [9.17, 15) is 0 Å². The van der Waals surface area contributed by atoms with Crippen molar-refractivity contribution < 1.29 is 0 Å². The van der Waals surface area contributed by atoms with E-state index >= 15 is 0 Å². The molecular formula is C12H12N8. The van der Waals surface area contributed by atoms with Gasteiger partial charge in [0.2, 0.25) is 0 Å². The van der Waals surface area contributed by atoms with Gasteiger partial charge in [-0.25, -0.2) is 14.5 Å². The Morgan fingerprint density at radius 1 is 1.15 bits per heavy atom. The lowest BCUT2D eigenvalue weighted by molar-refractivity contribution is 0.660. The van der Waals surface area contributed by atoms with Crippen LogP contribution in [0.15, 0.2) is 24.9 Å². The standard InChI is InChI=1S/C12H12N8/c1-3-19-6-8(4-15-19)10-16-12-9-5-14-18(2)11(9)13-7-20(12)17-10/h4-7H,3H2,1-2H3. The maximum Gasteiger partial charge on any atom is 0.185 e. The molecule has 0 fully saturated rings. The van der Waals surface area contributed by atoms with Crippen molar-refractivity contribution in [2.45, 2.75) is 13.5 Å². The van der Waals surface area contributed by atoms with Gasteiger partial charge in [0.05, 0.1) is 23.3 Å². The van der Waals surface area contributed by atoms with E-state index in [1.54, 1.807) is 27.9 Å². The minimum Gasteiger partial charge on any atom is -0.272 e. The number of rotatable bonds is 2. The monoisotopic (exact) mass is 268 g/mol. The molecule has 0 aliphatic rings. The van der Waals surface area contributed by atoms with Crippen molar-refractivity contribution in [2.75, 3.05) is 0 Å². The Balaban J connectivity index is 1.95. The van der Waals surface area contributed by atoms with Gasteiger partial charge in [0.25, 0.3) is 0 Å². The third-order valence-electron chi connectivity index (χ3n) is 3.28. The Hall–Kier alpha value is -2.77. The van der Waals surface area contributed by atoms with Gasteiger partial charge in [0.15, 0.2) is 17.1 Å². The third-order valence-corrected chi connectivity index (χ3v) is 3.28. The third kappa shape index (κ3) is 1.44. The minimum absolute atomic E-state index is 0.642. The van der Waals surface area contributed by atoms with E-state index in [1.165, 1.54) is 0 Å². The number of hydrogen-bond acceptors (Lipinski definition) is 5. The Kier molecular flexibility index (Phi) is 2.14. The summed E-state index contributed by atoms with van der Waals surface area (Å²) in [6.07, 6.45) is 7.11. The predicted molar refractivity (Wildman–Crippen MR) is 71.9 cm³/mol. The van der Waals surface area contributed by atoms with Gasteiger partial charge in [-0.1, -0.05) is 0 Å². The molecule has 0 aliphatic heterocycles. The summed E-state index contributed by atoms with van der Waals surface area (Å²) in [6, 6.07) is 0. The maximum absolute atomic E-state index is 4.58. The van der Waals surface area contributed by atoms with E-state index in [2.05, 4.69) is 25.3 Å². The number of hydrogen-bond donors (Lipinski definition) is 0. The van der Waals surface area contributed by atoms with Gasteiger partial charge in [0, 0.05) is 19.8 Å². The Morgan fingerprint density at radius 3 is 2.85 bits per heavy atom. The molecule has 0 radical (unpaired) electrons. The number of nitrogens with zero attached hydrogens (tertiary/aromatic N) is 8. The average molecular weight is 268 g/mol. The molecule has 0 unspecified atom stereocenters. The molecule has 0 aromatic carbocycles. The van der Waals surface area contributed by atoms with Gasteiger partial charge < -0.3 is 0 Å². The number of aromatic nitrogens is 8. The summed E-state index contributed by atoms with van der Waals surface area (Å²) >= 11 is 0. The predicted octanol–water partition coefficient (Wildman–Crippen LogP) is 0.894. The largest absolute Gasteiger partial charge is 0.272 e. The Labute approximate surface area is 113 Å². The molecule has 0 aliphatic carbocycles. The van der Waals surface area contributed by atoms with Crippen LogP contribution in [0, 0.1) is 0 Å². The van der Waals surface area contributed by atoms with Crippen LogP contribution in [0.3, 0.4) is 0 Å². The lowest BCUT2D eigenvalue weighted by Gasteiger charge is -1.93. The molecule has 0 amide bonds. The van der Waals surface area contributed by atoms with Crippen molar-refractivity contribution >= 4 is 16.7 Å². The van der Waals surface area contributed by atoms with Gasteiger partial charge in [-0.05, 0) is 6.92 Å². The highest BCUT2D eigenvalue weighted by molar-refractivity contribution is 5.88. The van der Waals surface area contributed by atoms with Crippen LogP contribution in [0.2, 0.25) is 0 Å². The van der Waals surface area contributed by atoms with Crippen molar-refractivity contribution in [3.05, 3.63) is 24.9 Å². The van der Waals surface area contributed by atoms with Crippen molar-refractivity contribution in [3.8, 4) is 11.4 Å². The van der Waals surface area contributed by atoms with Crippen LogP contribution in [0.4, 0.5) is 0 Å². The second-order valence-electron chi connectivity index (χ2n) is 4.54. The molecule has 8 heteroatoms. The second-order valence-corrected chi connectivity index (χ2v) is 4.54. The number of aryl methyl sites for hydroxylation is 2. The highest BCUT2D eigenvalue weighted by atomic mass is 15.3. The summed E-state index contributed by atoms with van der Waals surface area (Å²) in [4.78, 5) is 8.91. The quantitative estimate of drug-likeness (QED) is 0.539. The van der Waals surface area contributed by atoms with Gasteiger partial charge in [-0.3, -0.25) is 9.36 Å². The highest BCUT2D eigenvalue weighted by Crippen LogP contribution is 2.19. The van der Waals surface area contributed by atoms with Gasteiger partial charge in [0.1, 0.15) is 6.33 Å². The van der Waals surface area contributed by atoms with Crippen LogP contribution in [0.5, 0.6) is 0 Å². The van der Waals surface area contributed by atoms with Crippen molar-refractivity contribution in [3.63, 3.8) is 0 Å². The maximum atomic E-state index is 4.58. The lowest BCUT2D eigenvalue weighted by Crippen LogP contribution is -1.94. The summed E-state index contributed by atoms with van der Waals surface area (Å²) in [5.41, 5.74) is 2.44. The molecule has 8 nitrogen and oxygen atoms in total. The van der Waals surface area contributed by atoms with E-state index in [0.29, 0.717) is 5.82 Å². The fourth-order valence-electron chi connectivity index (χ4n) is 2.21. The van der Waals surface area contributed by atoms with Gasteiger partial charge in [-0.2, -0.15) is 10.2 Å². The molecule has 0 spiro atoms. The zero-order valence-corrected chi connectivity index (χ0v) is 11.1. The van der Waals surface area contributed by atoms with Crippen LogP contribution in [0.25, 0.3) is 28.1 Å². The van der Waals surface area contributed by atoms with E-state index in [1.807, 2.05) is 24.9 Å². The van der Waals surface area contributed by atoms with Crippen molar-refractivity contribution in [1.82, 2.24) is 39.1 Å². The minimum atomic E-state index is 0.642. The molecule has 4 rings (SSSR count). The number of fused-ring (bicyclic) bond motifs is 3. The molecular weight excluding hydrogens is 256 g/mol. The first kappa shape index (κ1) is 11.1. The molecule has 0 saturated heterocycles. The fraction of sp³-hybridized carbons (Fsp3) is 0.250. The van der Waals surface area contributed by atoms with E-state index in [-0.39, 0.29) is 0 Å². The highest BCUT2D eigenvalue weighted by Gasteiger charge is 2.13. The van der Waals surface area contributed by atoms with Gasteiger partial charge >= 0.3 is 0 Å². The van der Waals surface area contributed by atoms with Crippen LogP contribution in [-0.4, -0.2) is 39.1 Å². The van der Waals surface area contributed by atoms with Gasteiger partial charge in [-0.15, -0.1) is 5.10 Å². The molecule has 4 aromatic rings. The zero-order valence-electron chi connectivity index (χ0n) is 11.1. The summed E-state index contributed by atoms with van der Waals surface area (Å²) in [5.74, 6) is 0.642. The molecule has 20 heavy (non-hydrogen) atoms. The summed E-state index contributed by atoms with van der Waals surface area (Å²) in [7, 11) is 1.86. The first-order chi connectivity index (χ1) is 9.76. The van der Waals surface area contributed by atoms with Crippen molar-refractivity contribution in [1.29, 1.82) is 0 Å². The van der Waals surface area contributed by atoms with Crippen LogP contribution in [0.1, 0.15) is 6.92 Å². The van der Waals surface area contributed by atoms with Crippen LogP contribution in [-0.2, 0) is 13.6 Å². The average Bonchev–Trinajstić information content (AvgIpc) is 3.14.